The van der Waals surface area contributed by atoms with Gasteiger partial charge in [0, 0.05) is 0 Å². The molecule has 0 N–H and O–H groups in total. The van der Waals surface area contributed by atoms with Crippen LogP contribution in [0.1, 0.15) is 13.3 Å². The van der Waals surface area contributed by atoms with Gasteiger partial charge in [0.15, 0.2) is 0 Å². The summed E-state index contributed by atoms with van der Waals surface area (Å²) in [6.45, 7) is 4.47. The summed E-state index contributed by atoms with van der Waals surface area (Å²) in [5.41, 5.74) is 0. The Hall–Kier alpha value is 1.77. The molecular weight excluding hydrogens is 160 g/mol. The van der Waals surface area contributed by atoms with Gasteiger partial charge in [0.25, 0.3) is 0 Å². The van der Waals surface area contributed by atoms with Crippen molar-refractivity contribution >= 4 is 0 Å². The van der Waals surface area contributed by atoms with Gasteiger partial charge in [0.2, 0.25) is 0 Å². The molecule has 1 aliphatic heterocycles. The van der Waals surface area contributed by atoms with Gasteiger partial charge in [-0.15, -0.1) is 13.1 Å². The average Bonchev–Trinajstić information content (AvgIpc) is 1.86. The van der Waals surface area contributed by atoms with Crippen LogP contribution in [-0.2, 0) is 0 Å². The smallest absolute Gasteiger partial charge is 0.662 e. The van der Waals surface area contributed by atoms with Crippen molar-refractivity contribution in [3.05, 3.63) is 5.32 Å². The van der Waals surface area contributed by atoms with Gasteiger partial charge in [0.1, 0.15) is 0 Å². The molecule has 0 aromatic carbocycles. The first-order chi connectivity index (χ1) is 2.89. The summed E-state index contributed by atoms with van der Waals surface area (Å²) in [4.78, 5) is 0. The standard InChI is InChI=1S/C5H10N.Rb/c1-5-2-3-6-4-5;/h5H,2-4H2,1H3;/q-1;+1. The molecule has 2 heteroatoms. The fraction of sp³-hybridized carbons (Fsp3) is 1.00. The molecular formula is C5H10NRb. The largest absolute Gasteiger partial charge is 1.00 e. The van der Waals surface area contributed by atoms with Gasteiger partial charge in [-0.25, -0.2) is 0 Å². The van der Waals surface area contributed by atoms with Crippen molar-refractivity contribution in [2.24, 2.45) is 5.92 Å². The number of nitrogens with zero attached hydrogens (tertiary/aromatic N) is 1. The van der Waals surface area contributed by atoms with Gasteiger partial charge in [-0.2, -0.15) is 0 Å². The zero-order valence-electron chi connectivity index (χ0n) is 5.15. The maximum atomic E-state index is 4.16. The molecule has 0 aromatic heterocycles. The molecule has 36 valence electrons. The first kappa shape index (κ1) is 8.77. The zero-order valence-corrected chi connectivity index (χ0v) is 10.1. The van der Waals surface area contributed by atoms with Gasteiger partial charge < -0.3 is 5.32 Å². The Labute approximate surface area is 94.0 Å². The molecule has 1 atom stereocenters. The molecule has 1 heterocycles. The number of hydrogen-bond donors (Lipinski definition) is 0. The Kier molecular flexibility index (Phi) is 5.79. The predicted molar refractivity (Wildman–Crippen MR) is 26.9 cm³/mol. The third kappa shape index (κ3) is 3.36. The summed E-state index contributed by atoms with van der Waals surface area (Å²) in [7, 11) is 0. The van der Waals surface area contributed by atoms with Crippen molar-refractivity contribution in [1.82, 2.24) is 0 Å². The summed E-state index contributed by atoms with van der Waals surface area (Å²) >= 11 is 0. The second-order valence-corrected chi connectivity index (χ2v) is 2.02. The Morgan fingerprint density at radius 3 is 2.43 bits per heavy atom. The maximum Gasteiger partial charge on any atom is 1.00 e. The van der Waals surface area contributed by atoms with Crippen LogP contribution in [0.5, 0.6) is 0 Å². The second-order valence-electron chi connectivity index (χ2n) is 2.02. The minimum atomic E-state index is 0. The molecule has 1 fully saturated rings. The van der Waals surface area contributed by atoms with E-state index in [1.165, 1.54) is 6.42 Å². The quantitative estimate of drug-likeness (QED) is 0.415. The van der Waals surface area contributed by atoms with E-state index in [9.17, 15) is 0 Å². The van der Waals surface area contributed by atoms with Gasteiger partial charge in [-0.05, 0) is 0 Å². The Morgan fingerprint density at radius 2 is 2.29 bits per heavy atom. The average molecular weight is 170 g/mol. The van der Waals surface area contributed by atoms with Crippen LogP contribution in [-0.4, -0.2) is 13.1 Å². The van der Waals surface area contributed by atoms with Gasteiger partial charge in [-0.1, -0.05) is 19.3 Å². The van der Waals surface area contributed by atoms with E-state index in [1.54, 1.807) is 0 Å². The van der Waals surface area contributed by atoms with Crippen LogP contribution in [0.4, 0.5) is 0 Å². The van der Waals surface area contributed by atoms with Gasteiger partial charge in [-0.3, -0.25) is 0 Å². The van der Waals surface area contributed by atoms with Crippen LogP contribution < -0.4 is 58.2 Å². The summed E-state index contributed by atoms with van der Waals surface area (Å²) in [5.74, 6) is 0.880. The Balaban J connectivity index is 0.000000360. The molecule has 0 radical (unpaired) electrons. The van der Waals surface area contributed by atoms with Crippen LogP contribution in [0.3, 0.4) is 0 Å². The minimum absolute atomic E-state index is 0. The Bertz CT molecular complexity index is 41.3. The number of hydrogen-bond acceptors (Lipinski definition) is 0. The van der Waals surface area contributed by atoms with E-state index in [0.717, 1.165) is 19.0 Å². The molecule has 0 saturated carbocycles. The van der Waals surface area contributed by atoms with E-state index in [1.807, 2.05) is 0 Å². The second kappa shape index (κ2) is 4.63. The van der Waals surface area contributed by atoms with E-state index in [-0.39, 0.29) is 58.2 Å². The van der Waals surface area contributed by atoms with Crippen LogP contribution >= 0.6 is 0 Å². The van der Waals surface area contributed by atoms with Crippen LogP contribution in [0.15, 0.2) is 0 Å². The van der Waals surface area contributed by atoms with E-state index < -0.39 is 0 Å². The molecule has 7 heavy (non-hydrogen) atoms. The summed E-state index contributed by atoms with van der Waals surface area (Å²) in [6.07, 6.45) is 1.32. The van der Waals surface area contributed by atoms with E-state index in [4.69, 9.17) is 0 Å². The minimum Gasteiger partial charge on any atom is -0.662 e. The first-order valence-electron chi connectivity index (χ1n) is 2.53. The van der Waals surface area contributed by atoms with Crippen LogP contribution in [0, 0.1) is 5.92 Å². The van der Waals surface area contributed by atoms with Crippen molar-refractivity contribution in [2.45, 2.75) is 13.3 Å². The third-order valence-electron chi connectivity index (χ3n) is 1.22. The normalized spacial score (nSPS) is 29.6. The molecule has 1 nitrogen and oxygen atoms in total. The van der Waals surface area contributed by atoms with Gasteiger partial charge >= 0.3 is 58.2 Å². The van der Waals surface area contributed by atoms with Crippen molar-refractivity contribution in [1.29, 1.82) is 0 Å². The zero-order chi connectivity index (χ0) is 4.41. The van der Waals surface area contributed by atoms with E-state index in [0.29, 0.717) is 0 Å². The third-order valence-corrected chi connectivity index (χ3v) is 1.22. The van der Waals surface area contributed by atoms with Crippen molar-refractivity contribution in [3.8, 4) is 0 Å². The van der Waals surface area contributed by atoms with Crippen molar-refractivity contribution in [3.63, 3.8) is 0 Å². The van der Waals surface area contributed by atoms with E-state index in [2.05, 4.69) is 12.2 Å². The molecule has 1 rings (SSSR count). The van der Waals surface area contributed by atoms with Crippen LogP contribution in [0.25, 0.3) is 5.32 Å². The predicted octanol–water partition coefficient (Wildman–Crippen LogP) is -1.60. The Morgan fingerprint density at radius 1 is 1.57 bits per heavy atom. The van der Waals surface area contributed by atoms with Crippen LogP contribution in [0.2, 0.25) is 0 Å². The SMILES string of the molecule is CC1CC[N-]C1.[Rb+]. The van der Waals surface area contributed by atoms with Crippen molar-refractivity contribution in [2.75, 3.05) is 13.1 Å². The molecule has 1 unspecified atom stereocenters. The van der Waals surface area contributed by atoms with Gasteiger partial charge in [0.05, 0.1) is 0 Å². The fourth-order valence-corrected chi connectivity index (χ4v) is 0.715. The molecule has 0 aliphatic carbocycles. The summed E-state index contributed by atoms with van der Waals surface area (Å²) < 4.78 is 0. The fourth-order valence-electron chi connectivity index (χ4n) is 0.715. The molecule has 0 aromatic rings. The van der Waals surface area contributed by atoms with Crippen molar-refractivity contribution < 1.29 is 58.2 Å². The number of rotatable bonds is 0. The molecule has 0 bridgehead atoms. The first-order valence-corrected chi connectivity index (χ1v) is 2.53. The molecule has 1 aliphatic rings. The topological polar surface area (TPSA) is 14.1 Å². The monoisotopic (exact) mass is 169 g/mol. The maximum absolute atomic E-state index is 4.16. The molecule has 1 saturated heterocycles. The molecule has 0 amide bonds. The van der Waals surface area contributed by atoms with E-state index >= 15 is 0 Å². The summed E-state index contributed by atoms with van der Waals surface area (Å²) in [5, 5.41) is 4.16. The summed E-state index contributed by atoms with van der Waals surface area (Å²) in [6, 6.07) is 0. The molecule has 0 spiro atoms.